The monoisotopic (exact) mass is 228 g/mol. The van der Waals surface area contributed by atoms with Crippen LogP contribution in [0.15, 0.2) is 36.5 Å². The van der Waals surface area contributed by atoms with Gasteiger partial charge in [-0.2, -0.15) is 0 Å². The lowest BCUT2D eigenvalue weighted by Crippen LogP contribution is -1.99. The Hall–Kier alpha value is -1.87. The summed E-state index contributed by atoms with van der Waals surface area (Å²) in [6.07, 6.45) is 1.70. The lowest BCUT2D eigenvalue weighted by Gasteiger charge is -2.09. The molecule has 2 rings (SSSR count). The van der Waals surface area contributed by atoms with Crippen molar-refractivity contribution in [2.45, 2.75) is 20.4 Å². The first-order valence-electron chi connectivity index (χ1n) is 5.59. The zero-order valence-electron chi connectivity index (χ0n) is 10.1. The molecular weight excluding hydrogens is 212 g/mol. The lowest BCUT2D eigenvalue weighted by molar-refractivity contribution is 0.475. The number of aromatic nitrogens is 1. The Morgan fingerprint density at radius 2 is 2.00 bits per heavy atom. The number of nitrogens with zero attached hydrogens (tertiary/aromatic N) is 1. The molecule has 0 radical (unpaired) electrons. The van der Waals surface area contributed by atoms with Crippen molar-refractivity contribution in [2.24, 2.45) is 5.73 Å². The van der Waals surface area contributed by atoms with E-state index in [1.54, 1.807) is 6.20 Å². The Labute approximate surface area is 101 Å². The Morgan fingerprint density at radius 1 is 1.18 bits per heavy atom. The fourth-order valence-electron chi connectivity index (χ4n) is 1.54. The predicted molar refractivity (Wildman–Crippen MR) is 68.1 cm³/mol. The van der Waals surface area contributed by atoms with Crippen LogP contribution in [0.3, 0.4) is 0 Å². The van der Waals surface area contributed by atoms with Gasteiger partial charge in [-0.1, -0.05) is 12.1 Å². The fraction of sp³-hybridized carbons (Fsp3) is 0.214. The largest absolute Gasteiger partial charge is 0.455 e. The molecule has 0 saturated carbocycles. The van der Waals surface area contributed by atoms with Gasteiger partial charge in [0.1, 0.15) is 11.5 Å². The van der Waals surface area contributed by atoms with E-state index in [4.69, 9.17) is 10.5 Å². The minimum Gasteiger partial charge on any atom is -0.455 e. The molecule has 0 atom stereocenters. The average Bonchev–Trinajstić information content (AvgIpc) is 2.35. The number of pyridine rings is 1. The molecule has 0 amide bonds. The third-order valence-electron chi connectivity index (χ3n) is 2.58. The van der Waals surface area contributed by atoms with Crippen molar-refractivity contribution in [1.82, 2.24) is 4.98 Å². The van der Waals surface area contributed by atoms with Crippen molar-refractivity contribution in [3.8, 4) is 11.5 Å². The van der Waals surface area contributed by atoms with Gasteiger partial charge in [0.15, 0.2) is 0 Å². The molecule has 0 aliphatic carbocycles. The van der Waals surface area contributed by atoms with Crippen molar-refractivity contribution < 1.29 is 4.74 Å². The molecule has 0 aliphatic heterocycles. The number of nitrogens with two attached hydrogens (primary N) is 1. The highest BCUT2D eigenvalue weighted by molar-refractivity contribution is 5.39. The number of aryl methyl sites for hydroxylation is 2. The van der Waals surface area contributed by atoms with E-state index < -0.39 is 0 Å². The molecule has 0 unspecified atom stereocenters. The molecule has 1 aromatic heterocycles. The first-order chi connectivity index (χ1) is 8.19. The van der Waals surface area contributed by atoms with E-state index in [-0.39, 0.29) is 0 Å². The summed E-state index contributed by atoms with van der Waals surface area (Å²) in [5, 5.41) is 0. The molecule has 1 heterocycles. The summed E-state index contributed by atoms with van der Waals surface area (Å²) >= 11 is 0. The highest BCUT2D eigenvalue weighted by Gasteiger charge is 2.02. The van der Waals surface area contributed by atoms with Gasteiger partial charge in [0, 0.05) is 6.54 Å². The Balaban J connectivity index is 2.22. The van der Waals surface area contributed by atoms with Crippen molar-refractivity contribution >= 4 is 0 Å². The van der Waals surface area contributed by atoms with Crippen LogP contribution in [0.1, 0.15) is 16.8 Å². The maximum Gasteiger partial charge on any atom is 0.145 e. The Bertz CT molecular complexity index is 506. The van der Waals surface area contributed by atoms with Crippen LogP contribution < -0.4 is 10.5 Å². The maximum atomic E-state index is 5.79. The maximum absolute atomic E-state index is 5.79. The van der Waals surface area contributed by atoms with E-state index >= 15 is 0 Å². The fourth-order valence-corrected chi connectivity index (χ4v) is 1.54. The van der Waals surface area contributed by atoms with E-state index in [9.17, 15) is 0 Å². The minimum atomic E-state index is 0.448. The third-order valence-corrected chi connectivity index (χ3v) is 2.58. The van der Waals surface area contributed by atoms with Crippen molar-refractivity contribution in [2.75, 3.05) is 0 Å². The highest BCUT2D eigenvalue weighted by Crippen LogP contribution is 2.25. The molecular formula is C14H16N2O. The van der Waals surface area contributed by atoms with E-state index in [0.717, 1.165) is 22.8 Å². The predicted octanol–water partition coefficient (Wildman–Crippen LogP) is 2.95. The van der Waals surface area contributed by atoms with Crippen molar-refractivity contribution in [3.05, 3.63) is 53.3 Å². The highest BCUT2D eigenvalue weighted by atomic mass is 16.5. The first-order valence-corrected chi connectivity index (χ1v) is 5.59. The summed E-state index contributed by atoms with van der Waals surface area (Å²) in [7, 11) is 0. The van der Waals surface area contributed by atoms with Crippen LogP contribution in [0.5, 0.6) is 11.5 Å². The molecule has 2 N–H and O–H groups in total. The van der Waals surface area contributed by atoms with Crippen LogP contribution in [0.2, 0.25) is 0 Å². The van der Waals surface area contributed by atoms with Crippen molar-refractivity contribution in [3.63, 3.8) is 0 Å². The second-order valence-electron chi connectivity index (χ2n) is 4.06. The van der Waals surface area contributed by atoms with Crippen LogP contribution in [0.4, 0.5) is 0 Å². The van der Waals surface area contributed by atoms with Gasteiger partial charge in [-0.3, -0.25) is 4.98 Å². The van der Waals surface area contributed by atoms with Crippen LogP contribution in [-0.2, 0) is 6.54 Å². The van der Waals surface area contributed by atoms with Gasteiger partial charge >= 0.3 is 0 Å². The SMILES string of the molecule is Cc1ccc(C)c(Oc2ccc(CN)nc2)c1. The molecule has 0 bridgehead atoms. The normalized spacial score (nSPS) is 10.3. The Morgan fingerprint density at radius 3 is 2.65 bits per heavy atom. The number of ether oxygens (including phenoxy) is 1. The Kier molecular flexibility index (Phi) is 3.40. The molecule has 0 saturated heterocycles. The number of hydrogen-bond donors (Lipinski definition) is 1. The van der Waals surface area contributed by atoms with E-state index in [0.29, 0.717) is 6.54 Å². The summed E-state index contributed by atoms with van der Waals surface area (Å²) in [5.74, 6) is 1.60. The quantitative estimate of drug-likeness (QED) is 0.878. The number of rotatable bonds is 3. The number of hydrogen-bond acceptors (Lipinski definition) is 3. The van der Waals surface area contributed by atoms with E-state index in [1.165, 1.54) is 5.56 Å². The van der Waals surface area contributed by atoms with Crippen LogP contribution in [0.25, 0.3) is 0 Å². The van der Waals surface area contributed by atoms with Gasteiger partial charge in [0.25, 0.3) is 0 Å². The average molecular weight is 228 g/mol. The van der Waals surface area contributed by atoms with Gasteiger partial charge in [0.2, 0.25) is 0 Å². The summed E-state index contributed by atoms with van der Waals surface area (Å²) in [6.45, 7) is 4.52. The second-order valence-corrected chi connectivity index (χ2v) is 4.06. The van der Waals surface area contributed by atoms with E-state index in [1.807, 2.05) is 38.1 Å². The molecule has 0 fully saturated rings. The summed E-state index contributed by atoms with van der Waals surface area (Å²) in [5.41, 5.74) is 8.64. The first kappa shape index (κ1) is 11.6. The van der Waals surface area contributed by atoms with Crippen LogP contribution in [0, 0.1) is 13.8 Å². The molecule has 88 valence electrons. The second kappa shape index (κ2) is 4.97. The summed E-state index contributed by atoms with van der Waals surface area (Å²) in [4.78, 5) is 4.20. The molecule has 2 aromatic rings. The van der Waals surface area contributed by atoms with Gasteiger partial charge in [-0.15, -0.1) is 0 Å². The summed E-state index contributed by atoms with van der Waals surface area (Å²) in [6, 6.07) is 9.90. The molecule has 3 heteroatoms. The van der Waals surface area contributed by atoms with Crippen LogP contribution in [-0.4, -0.2) is 4.98 Å². The van der Waals surface area contributed by atoms with Gasteiger partial charge in [0.05, 0.1) is 11.9 Å². The molecule has 17 heavy (non-hydrogen) atoms. The smallest absolute Gasteiger partial charge is 0.145 e. The summed E-state index contributed by atoms with van der Waals surface area (Å²) < 4.78 is 5.79. The van der Waals surface area contributed by atoms with Crippen LogP contribution >= 0.6 is 0 Å². The number of benzene rings is 1. The zero-order chi connectivity index (χ0) is 12.3. The molecule has 1 aromatic carbocycles. The van der Waals surface area contributed by atoms with Gasteiger partial charge in [-0.05, 0) is 43.2 Å². The van der Waals surface area contributed by atoms with E-state index in [2.05, 4.69) is 11.1 Å². The molecule has 3 nitrogen and oxygen atoms in total. The van der Waals surface area contributed by atoms with Crippen molar-refractivity contribution in [1.29, 1.82) is 0 Å². The minimum absolute atomic E-state index is 0.448. The zero-order valence-corrected chi connectivity index (χ0v) is 10.1. The van der Waals surface area contributed by atoms with Gasteiger partial charge < -0.3 is 10.5 Å². The van der Waals surface area contributed by atoms with Gasteiger partial charge in [-0.25, -0.2) is 0 Å². The molecule has 0 spiro atoms. The lowest BCUT2D eigenvalue weighted by atomic mass is 10.1. The standard InChI is InChI=1S/C14H16N2O/c1-10-3-4-11(2)14(7-10)17-13-6-5-12(8-15)16-9-13/h3-7,9H,8,15H2,1-2H3. The topological polar surface area (TPSA) is 48.1 Å². The molecule has 0 aliphatic rings. The third kappa shape index (κ3) is 2.82.